The molecule has 0 aliphatic carbocycles. The van der Waals surface area contributed by atoms with Gasteiger partial charge in [0, 0.05) is 24.4 Å². The number of aliphatic hydroxyl groups is 1. The molecule has 1 aromatic heterocycles. The fraction of sp³-hybridized carbons (Fsp3) is 0.375. The zero-order valence-corrected chi connectivity index (χ0v) is 6.57. The topological polar surface area (TPSA) is 59.1 Å². The summed E-state index contributed by atoms with van der Waals surface area (Å²) in [4.78, 5) is 3.45. The molecule has 0 aliphatic rings. The van der Waals surface area contributed by atoms with Crippen LogP contribution in [-0.4, -0.2) is 16.7 Å². The van der Waals surface area contributed by atoms with Crippen LogP contribution in [-0.2, 0) is 0 Å². The molecule has 0 saturated carbocycles. The van der Waals surface area contributed by atoms with E-state index in [-0.39, 0.29) is 6.61 Å². The molecule has 0 unspecified atom stereocenters. The number of hydrogen-bond acceptors (Lipinski definition) is 3. The maximum atomic E-state index is 12.9. The van der Waals surface area contributed by atoms with Gasteiger partial charge in [-0.2, -0.15) is 4.39 Å². The van der Waals surface area contributed by atoms with Crippen LogP contribution in [0.4, 0.5) is 4.39 Å². The molecule has 1 heterocycles. The lowest BCUT2D eigenvalue weighted by atomic mass is 10.1. The molecule has 66 valence electrons. The van der Waals surface area contributed by atoms with Gasteiger partial charge < -0.3 is 10.8 Å². The summed E-state index contributed by atoms with van der Waals surface area (Å²) in [5.41, 5.74) is 5.92. The summed E-state index contributed by atoms with van der Waals surface area (Å²) in [6.45, 7) is -0.0461. The van der Waals surface area contributed by atoms with Crippen molar-refractivity contribution in [1.82, 2.24) is 4.98 Å². The Labute approximate surface area is 70.0 Å². The van der Waals surface area contributed by atoms with E-state index in [1.165, 1.54) is 6.20 Å². The second kappa shape index (κ2) is 4.13. The summed E-state index contributed by atoms with van der Waals surface area (Å²) >= 11 is 0. The summed E-state index contributed by atoms with van der Waals surface area (Å²) in [6, 6.07) is 2.72. The molecule has 1 aromatic rings. The molecule has 0 aliphatic heterocycles. The number of rotatable bonds is 3. The summed E-state index contributed by atoms with van der Waals surface area (Å²) in [5.74, 6) is -0.557. The average Bonchev–Trinajstić information content (AvgIpc) is 2.05. The molecule has 1 rings (SSSR count). The molecule has 3 nitrogen and oxygen atoms in total. The Morgan fingerprint density at radius 1 is 1.67 bits per heavy atom. The van der Waals surface area contributed by atoms with Crippen LogP contribution in [0.3, 0.4) is 0 Å². The third-order valence-electron chi connectivity index (χ3n) is 1.63. The Morgan fingerprint density at radius 3 is 3.00 bits per heavy atom. The first-order chi connectivity index (χ1) is 5.75. The van der Waals surface area contributed by atoms with Gasteiger partial charge in [0.15, 0.2) is 0 Å². The van der Waals surface area contributed by atoms with Crippen LogP contribution in [0.15, 0.2) is 18.3 Å². The highest BCUT2D eigenvalue weighted by atomic mass is 19.1. The van der Waals surface area contributed by atoms with Crippen molar-refractivity contribution in [2.75, 3.05) is 6.61 Å². The smallest absolute Gasteiger partial charge is 0.217 e. The molecule has 0 saturated heterocycles. The summed E-state index contributed by atoms with van der Waals surface area (Å²) in [5, 5.41) is 8.57. The predicted molar refractivity (Wildman–Crippen MR) is 42.8 cm³/mol. The van der Waals surface area contributed by atoms with Crippen molar-refractivity contribution in [3.63, 3.8) is 0 Å². The average molecular weight is 170 g/mol. The third kappa shape index (κ3) is 1.99. The second-order valence-electron chi connectivity index (χ2n) is 2.50. The number of halogens is 1. The minimum absolute atomic E-state index is 0.0461. The van der Waals surface area contributed by atoms with Crippen molar-refractivity contribution in [1.29, 1.82) is 0 Å². The van der Waals surface area contributed by atoms with Gasteiger partial charge in [-0.05, 0) is 12.5 Å². The van der Waals surface area contributed by atoms with E-state index in [4.69, 9.17) is 10.8 Å². The SMILES string of the molecule is N[C@@H](CCO)c1cccnc1F. The first-order valence-electron chi connectivity index (χ1n) is 3.72. The van der Waals surface area contributed by atoms with Crippen molar-refractivity contribution in [2.24, 2.45) is 5.73 Å². The number of aromatic nitrogens is 1. The van der Waals surface area contributed by atoms with Crippen molar-refractivity contribution in [2.45, 2.75) is 12.5 Å². The highest BCUT2D eigenvalue weighted by Gasteiger charge is 2.10. The number of aliphatic hydroxyl groups excluding tert-OH is 1. The van der Waals surface area contributed by atoms with E-state index in [0.29, 0.717) is 12.0 Å². The predicted octanol–water partition coefficient (Wildman–Crippen LogP) is 0.603. The van der Waals surface area contributed by atoms with E-state index in [0.717, 1.165) is 0 Å². The zero-order valence-electron chi connectivity index (χ0n) is 6.57. The lowest BCUT2D eigenvalue weighted by molar-refractivity contribution is 0.275. The maximum absolute atomic E-state index is 12.9. The van der Waals surface area contributed by atoms with Gasteiger partial charge in [-0.1, -0.05) is 6.07 Å². The Morgan fingerprint density at radius 2 is 2.42 bits per heavy atom. The second-order valence-corrected chi connectivity index (χ2v) is 2.50. The van der Waals surface area contributed by atoms with Gasteiger partial charge in [0.2, 0.25) is 5.95 Å². The molecule has 1 atom stereocenters. The van der Waals surface area contributed by atoms with Gasteiger partial charge in [-0.15, -0.1) is 0 Å². The minimum Gasteiger partial charge on any atom is -0.396 e. The van der Waals surface area contributed by atoms with E-state index >= 15 is 0 Å². The molecule has 0 fully saturated rings. The molecule has 0 amide bonds. The fourth-order valence-corrected chi connectivity index (χ4v) is 0.970. The van der Waals surface area contributed by atoms with Crippen molar-refractivity contribution in [3.05, 3.63) is 29.8 Å². The quantitative estimate of drug-likeness (QED) is 0.653. The van der Waals surface area contributed by atoms with Crippen LogP contribution >= 0.6 is 0 Å². The largest absolute Gasteiger partial charge is 0.396 e. The maximum Gasteiger partial charge on any atom is 0.217 e. The summed E-state index contributed by atoms with van der Waals surface area (Å²) in [7, 11) is 0. The zero-order chi connectivity index (χ0) is 8.97. The van der Waals surface area contributed by atoms with Crippen LogP contribution in [0.25, 0.3) is 0 Å². The monoisotopic (exact) mass is 170 g/mol. The van der Waals surface area contributed by atoms with Gasteiger partial charge in [-0.25, -0.2) is 4.98 Å². The molecule has 0 aromatic carbocycles. The molecule has 4 heteroatoms. The first kappa shape index (κ1) is 9.09. The van der Waals surface area contributed by atoms with Gasteiger partial charge in [-0.3, -0.25) is 0 Å². The Bertz CT molecular complexity index is 255. The first-order valence-corrected chi connectivity index (χ1v) is 3.72. The third-order valence-corrected chi connectivity index (χ3v) is 1.63. The van der Waals surface area contributed by atoms with Crippen LogP contribution < -0.4 is 5.73 Å². The molecule has 12 heavy (non-hydrogen) atoms. The number of hydrogen-bond donors (Lipinski definition) is 2. The number of pyridine rings is 1. The van der Waals surface area contributed by atoms with Crippen molar-refractivity contribution >= 4 is 0 Å². The van der Waals surface area contributed by atoms with E-state index in [2.05, 4.69) is 4.98 Å². The molecule has 0 bridgehead atoms. The Balaban J connectivity index is 2.79. The normalized spacial score (nSPS) is 12.9. The van der Waals surface area contributed by atoms with Gasteiger partial charge >= 0.3 is 0 Å². The van der Waals surface area contributed by atoms with Crippen LogP contribution in [0.1, 0.15) is 18.0 Å². The van der Waals surface area contributed by atoms with Crippen LogP contribution in [0.5, 0.6) is 0 Å². The fourth-order valence-electron chi connectivity index (χ4n) is 0.970. The number of nitrogens with zero attached hydrogens (tertiary/aromatic N) is 1. The summed E-state index contributed by atoms with van der Waals surface area (Å²) in [6.07, 6.45) is 1.72. The molecule has 3 N–H and O–H groups in total. The lowest BCUT2D eigenvalue weighted by Gasteiger charge is -2.09. The summed E-state index contributed by atoms with van der Waals surface area (Å²) < 4.78 is 12.9. The van der Waals surface area contributed by atoms with Crippen LogP contribution in [0, 0.1) is 5.95 Å². The van der Waals surface area contributed by atoms with Gasteiger partial charge in [0.1, 0.15) is 0 Å². The highest BCUT2D eigenvalue weighted by molar-refractivity contribution is 5.14. The Hall–Kier alpha value is -1.00. The standard InChI is InChI=1S/C8H11FN2O/c9-8-6(2-1-4-11-8)7(10)3-5-12/h1-2,4,7,12H,3,5,10H2/t7-/m0/s1. The van der Waals surface area contributed by atoms with Crippen molar-refractivity contribution in [3.8, 4) is 0 Å². The van der Waals surface area contributed by atoms with E-state index in [1.54, 1.807) is 12.1 Å². The molecule has 0 radical (unpaired) electrons. The van der Waals surface area contributed by atoms with Gasteiger partial charge in [0.25, 0.3) is 0 Å². The van der Waals surface area contributed by atoms with Crippen molar-refractivity contribution < 1.29 is 9.50 Å². The molecular formula is C8H11FN2O. The molecular weight excluding hydrogens is 159 g/mol. The lowest BCUT2D eigenvalue weighted by Crippen LogP contribution is -2.14. The molecule has 0 spiro atoms. The minimum atomic E-state index is -0.557. The van der Waals surface area contributed by atoms with E-state index < -0.39 is 12.0 Å². The number of nitrogens with two attached hydrogens (primary N) is 1. The highest BCUT2D eigenvalue weighted by Crippen LogP contribution is 2.14. The van der Waals surface area contributed by atoms with Crippen LogP contribution in [0.2, 0.25) is 0 Å². The van der Waals surface area contributed by atoms with E-state index in [1.807, 2.05) is 0 Å². The van der Waals surface area contributed by atoms with Gasteiger partial charge in [0.05, 0.1) is 0 Å². The van der Waals surface area contributed by atoms with E-state index in [9.17, 15) is 4.39 Å². The Kier molecular flexibility index (Phi) is 3.13.